The van der Waals surface area contributed by atoms with Gasteiger partial charge < -0.3 is 10.1 Å². The summed E-state index contributed by atoms with van der Waals surface area (Å²) >= 11 is 0.272. The molecule has 0 spiro atoms. The van der Waals surface area contributed by atoms with Gasteiger partial charge in [-0.15, -0.1) is 10.2 Å². The first-order chi connectivity index (χ1) is 10.9. The van der Waals surface area contributed by atoms with Gasteiger partial charge in [-0.2, -0.15) is 13.2 Å². The molecule has 2 heterocycles. The second-order valence-corrected chi connectivity index (χ2v) is 5.71. The van der Waals surface area contributed by atoms with Gasteiger partial charge in [0, 0.05) is 12.0 Å². The van der Waals surface area contributed by atoms with Gasteiger partial charge in [0.2, 0.25) is 10.1 Å². The van der Waals surface area contributed by atoms with Crippen LogP contribution < -0.4 is 15.4 Å². The standard InChI is InChI=1S/C13H11F3N4O2S/c14-13(15,16)10-19-20-12(23-10)18-11(21)17-8-5-6-22-9-4-2-1-3-7(8)9/h1-4,8H,5-6H2,(H2,17,18,20,21)/t8-/m1/s1. The van der Waals surface area contributed by atoms with Crippen molar-refractivity contribution in [1.29, 1.82) is 0 Å². The fourth-order valence-corrected chi connectivity index (χ4v) is 2.78. The molecule has 0 saturated carbocycles. The number of ether oxygens (including phenoxy) is 1. The molecule has 0 aliphatic carbocycles. The Balaban J connectivity index is 1.65. The summed E-state index contributed by atoms with van der Waals surface area (Å²) < 4.78 is 42.8. The van der Waals surface area contributed by atoms with Crippen LogP contribution in [0.15, 0.2) is 24.3 Å². The van der Waals surface area contributed by atoms with Crippen LogP contribution in [0.25, 0.3) is 0 Å². The number of carbonyl (C=O) groups excluding carboxylic acids is 1. The van der Waals surface area contributed by atoms with Gasteiger partial charge >= 0.3 is 12.2 Å². The van der Waals surface area contributed by atoms with Crippen LogP contribution in [0.1, 0.15) is 23.0 Å². The van der Waals surface area contributed by atoms with Crippen LogP contribution in [0.3, 0.4) is 0 Å². The highest BCUT2D eigenvalue weighted by atomic mass is 32.1. The van der Waals surface area contributed by atoms with Gasteiger partial charge in [-0.05, 0) is 6.07 Å². The van der Waals surface area contributed by atoms with Crippen molar-refractivity contribution in [3.8, 4) is 5.75 Å². The van der Waals surface area contributed by atoms with Gasteiger partial charge in [-0.25, -0.2) is 4.79 Å². The number of halogens is 3. The third-order valence-electron chi connectivity index (χ3n) is 3.15. The Bertz CT molecular complexity index is 719. The highest BCUT2D eigenvalue weighted by Crippen LogP contribution is 2.33. The predicted molar refractivity (Wildman–Crippen MR) is 76.4 cm³/mol. The Morgan fingerprint density at radius 1 is 1.30 bits per heavy atom. The van der Waals surface area contributed by atoms with Crippen LogP contribution >= 0.6 is 11.3 Å². The van der Waals surface area contributed by atoms with Crippen LogP contribution in [0.4, 0.5) is 23.1 Å². The summed E-state index contributed by atoms with van der Waals surface area (Å²) in [7, 11) is 0. The lowest BCUT2D eigenvalue weighted by Crippen LogP contribution is -2.35. The largest absolute Gasteiger partial charge is 0.493 e. The zero-order valence-corrected chi connectivity index (χ0v) is 12.4. The lowest BCUT2D eigenvalue weighted by molar-refractivity contribution is -0.138. The molecule has 1 aliphatic rings. The average Bonchev–Trinajstić information content (AvgIpc) is 2.96. The molecule has 3 rings (SSSR count). The number of fused-ring (bicyclic) bond motifs is 1. The molecule has 10 heteroatoms. The van der Waals surface area contributed by atoms with E-state index in [1.165, 1.54) is 0 Å². The first-order valence-electron chi connectivity index (χ1n) is 6.63. The van der Waals surface area contributed by atoms with Gasteiger partial charge in [0.1, 0.15) is 5.75 Å². The van der Waals surface area contributed by atoms with E-state index in [-0.39, 0.29) is 22.5 Å². The SMILES string of the molecule is O=C(Nc1nnc(C(F)(F)F)s1)N[C@@H]1CCOc2ccccc21. The Kier molecular flexibility index (Phi) is 4.07. The number of carbonyl (C=O) groups is 1. The molecular formula is C13H11F3N4O2S. The lowest BCUT2D eigenvalue weighted by atomic mass is 10.0. The molecule has 2 N–H and O–H groups in total. The van der Waals surface area contributed by atoms with E-state index in [2.05, 4.69) is 20.8 Å². The van der Waals surface area contributed by atoms with Gasteiger partial charge in [0.05, 0.1) is 12.6 Å². The third-order valence-corrected chi connectivity index (χ3v) is 4.04. The Hall–Kier alpha value is -2.36. The number of hydrogen-bond donors (Lipinski definition) is 2. The van der Waals surface area contributed by atoms with Crippen LogP contribution in [0.5, 0.6) is 5.75 Å². The molecule has 122 valence electrons. The minimum atomic E-state index is -4.58. The Morgan fingerprint density at radius 3 is 2.83 bits per heavy atom. The van der Waals surface area contributed by atoms with Gasteiger partial charge in [0.15, 0.2) is 0 Å². The molecule has 1 aromatic heterocycles. The van der Waals surface area contributed by atoms with E-state index in [1.54, 1.807) is 6.07 Å². The Morgan fingerprint density at radius 2 is 2.09 bits per heavy atom. The summed E-state index contributed by atoms with van der Waals surface area (Å²) in [5, 5.41) is 9.96. The first-order valence-corrected chi connectivity index (χ1v) is 7.45. The molecule has 2 aromatic rings. The number of amides is 2. The molecule has 0 unspecified atom stereocenters. The molecule has 23 heavy (non-hydrogen) atoms. The van der Waals surface area contributed by atoms with Crippen molar-refractivity contribution >= 4 is 22.5 Å². The maximum Gasteiger partial charge on any atom is 0.445 e. The molecule has 1 aliphatic heterocycles. The van der Waals surface area contributed by atoms with Gasteiger partial charge in [-0.1, -0.05) is 29.5 Å². The number of alkyl halides is 3. The molecule has 0 bridgehead atoms. The van der Waals surface area contributed by atoms with Crippen molar-refractivity contribution in [1.82, 2.24) is 15.5 Å². The highest BCUT2D eigenvalue weighted by Gasteiger charge is 2.36. The van der Waals surface area contributed by atoms with Crippen molar-refractivity contribution in [2.24, 2.45) is 0 Å². The summed E-state index contributed by atoms with van der Waals surface area (Å²) in [5.41, 5.74) is 0.821. The van der Waals surface area contributed by atoms with Crippen LogP contribution in [0, 0.1) is 0 Å². The van der Waals surface area contributed by atoms with Crippen molar-refractivity contribution < 1.29 is 22.7 Å². The highest BCUT2D eigenvalue weighted by molar-refractivity contribution is 7.15. The van der Waals surface area contributed by atoms with Crippen molar-refractivity contribution in [2.75, 3.05) is 11.9 Å². The number of benzene rings is 1. The summed E-state index contributed by atoms with van der Waals surface area (Å²) in [6.45, 7) is 0.443. The number of hydrogen-bond acceptors (Lipinski definition) is 5. The Labute approximate surface area is 132 Å². The second-order valence-electron chi connectivity index (χ2n) is 4.74. The van der Waals surface area contributed by atoms with Crippen molar-refractivity contribution in [2.45, 2.75) is 18.6 Å². The molecule has 1 aromatic carbocycles. The predicted octanol–water partition coefficient (Wildman–Crippen LogP) is 3.20. The van der Waals surface area contributed by atoms with E-state index in [1.807, 2.05) is 18.2 Å². The number of aromatic nitrogens is 2. The maximum absolute atomic E-state index is 12.4. The van der Waals surface area contributed by atoms with Crippen molar-refractivity contribution in [3.63, 3.8) is 0 Å². The number of anilines is 1. The number of rotatable bonds is 2. The van der Waals surface area contributed by atoms with E-state index in [4.69, 9.17) is 4.74 Å². The monoisotopic (exact) mass is 344 g/mol. The van der Waals surface area contributed by atoms with E-state index in [0.717, 1.165) is 5.56 Å². The minimum absolute atomic E-state index is 0.213. The zero-order chi connectivity index (χ0) is 16.4. The van der Waals surface area contributed by atoms with E-state index in [0.29, 0.717) is 18.8 Å². The number of nitrogens with zero attached hydrogens (tertiary/aromatic N) is 2. The van der Waals surface area contributed by atoms with E-state index >= 15 is 0 Å². The number of urea groups is 1. The minimum Gasteiger partial charge on any atom is -0.493 e. The maximum atomic E-state index is 12.4. The summed E-state index contributed by atoms with van der Waals surface area (Å²) in [4.78, 5) is 11.9. The number of nitrogens with one attached hydrogen (secondary N) is 2. The summed E-state index contributed by atoms with van der Waals surface area (Å²) in [5.74, 6) is 0.680. The van der Waals surface area contributed by atoms with Crippen LogP contribution in [-0.4, -0.2) is 22.8 Å². The molecule has 0 saturated heterocycles. The van der Waals surface area contributed by atoms with Gasteiger partial charge in [0.25, 0.3) is 0 Å². The smallest absolute Gasteiger partial charge is 0.445 e. The topological polar surface area (TPSA) is 76.1 Å². The summed E-state index contributed by atoms with van der Waals surface area (Å²) in [6.07, 6.45) is -4.01. The fraction of sp³-hybridized carbons (Fsp3) is 0.308. The van der Waals surface area contributed by atoms with E-state index < -0.39 is 17.2 Å². The lowest BCUT2D eigenvalue weighted by Gasteiger charge is -2.26. The molecular weight excluding hydrogens is 333 g/mol. The van der Waals surface area contributed by atoms with E-state index in [9.17, 15) is 18.0 Å². The quantitative estimate of drug-likeness (QED) is 0.877. The molecule has 0 fully saturated rings. The molecule has 1 atom stereocenters. The average molecular weight is 344 g/mol. The fourth-order valence-electron chi connectivity index (χ4n) is 2.17. The molecule has 6 nitrogen and oxygen atoms in total. The third kappa shape index (κ3) is 3.52. The first kappa shape index (κ1) is 15.5. The van der Waals surface area contributed by atoms with Crippen LogP contribution in [-0.2, 0) is 6.18 Å². The number of para-hydroxylation sites is 1. The van der Waals surface area contributed by atoms with Crippen molar-refractivity contribution in [3.05, 3.63) is 34.8 Å². The molecule has 2 amide bonds. The summed E-state index contributed by atoms with van der Waals surface area (Å²) in [6, 6.07) is 6.33. The second kappa shape index (κ2) is 6.03. The molecule has 0 radical (unpaired) electrons. The van der Waals surface area contributed by atoms with Gasteiger partial charge in [-0.3, -0.25) is 5.32 Å². The van der Waals surface area contributed by atoms with Crippen LogP contribution in [0.2, 0.25) is 0 Å². The zero-order valence-electron chi connectivity index (χ0n) is 11.6. The normalized spacial score (nSPS) is 17.1.